The average molecular weight is 329 g/mol. The Morgan fingerprint density at radius 3 is 2.38 bits per heavy atom. The number of halogens is 2. The van der Waals surface area contributed by atoms with Crippen molar-refractivity contribution in [3.8, 4) is 0 Å². The molecule has 0 heterocycles. The molecule has 0 unspecified atom stereocenters. The zero-order valence-corrected chi connectivity index (χ0v) is 14.1. The number of benzene rings is 1. The van der Waals surface area contributed by atoms with Gasteiger partial charge in [0.15, 0.2) is 0 Å². The molecule has 0 spiro atoms. The van der Waals surface area contributed by atoms with E-state index in [9.17, 15) is 4.79 Å². The SMILES string of the molecule is CCN(CC)C(=O)CN(Cc1ccc(Cl)c(Cl)c1)C1CC1. The van der Waals surface area contributed by atoms with E-state index in [-0.39, 0.29) is 5.91 Å². The highest BCUT2D eigenvalue weighted by Crippen LogP contribution is 2.29. The fourth-order valence-corrected chi connectivity index (χ4v) is 2.80. The molecule has 5 heteroatoms. The summed E-state index contributed by atoms with van der Waals surface area (Å²) in [6, 6.07) is 6.21. The lowest BCUT2D eigenvalue weighted by Crippen LogP contribution is -2.40. The second kappa shape index (κ2) is 7.48. The van der Waals surface area contributed by atoms with Crippen molar-refractivity contribution in [3.05, 3.63) is 33.8 Å². The minimum Gasteiger partial charge on any atom is -0.342 e. The summed E-state index contributed by atoms with van der Waals surface area (Å²) < 4.78 is 0. The van der Waals surface area contributed by atoms with Gasteiger partial charge in [0, 0.05) is 25.7 Å². The quantitative estimate of drug-likeness (QED) is 0.759. The molecule has 0 atom stereocenters. The molecule has 1 aromatic carbocycles. The van der Waals surface area contributed by atoms with Crippen molar-refractivity contribution in [2.75, 3.05) is 19.6 Å². The number of hydrogen-bond acceptors (Lipinski definition) is 2. The first-order valence-corrected chi connectivity index (χ1v) is 8.26. The first-order valence-electron chi connectivity index (χ1n) is 7.50. The molecule has 116 valence electrons. The van der Waals surface area contributed by atoms with E-state index in [1.165, 1.54) is 12.8 Å². The molecule has 3 nitrogen and oxygen atoms in total. The summed E-state index contributed by atoms with van der Waals surface area (Å²) in [7, 11) is 0. The Labute approximate surface area is 136 Å². The number of hydrogen-bond donors (Lipinski definition) is 0. The van der Waals surface area contributed by atoms with Crippen molar-refractivity contribution < 1.29 is 4.79 Å². The highest BCUT2D eigenvalue weighted by Gasteiger charge is 2.31. The Balaban J connectivity index is 2.02. The van der Waals surface area contributed by atoms with E-state index in [0.717, 1.165) is 25.2 Å². The van der Waals surface area contributed by atoms with E-state index in [4.69, 9.17) is 23.2 Å². The van der Waals surface area contributed by atoms with Crippen LogP contribution in [0, 0.1) is 0 Å². The van der Waals surface area contributed by atoms with Crippen molar-refractivity contribution in [1.82, 2.24) is 9.80 Å². The van der Waals surface area contributed by atoms with Crippen molar-refractivity contribution in [2.24, 2.45) is 0 Å². The molecule has 1 aliphatic carbocycles. The van der Waals surface area contributed by atoms with Crippen LogP contribution >= 0.6 is 23.2 Å². The summed E-state index contributed by atoms with van der Waals surface area (Å²) in [4.78, 5) is 16.4. The molecule has 0 aromatic heterocycles. The fraction of sp³-hybridized carbons (Fsp3) is 0.562. The van der Waals surface area contributed by atoms with E-state index < -0.39 is 0 Å². The zero-order valence-electron chi connectivity index (χ0n) is 12.6. The van der Waals surface area contributed by atoms with Gasteiger partial charge in [0.05, 0.1) is 16.6 Å². The maximum Gasteiger partial charge on any atom is 0.236 e. The molecule has 2 rings (SSSR count). The second-order valence-electron chi connectivity index (χ2n) is 5.45. The van der Waals surface area contributed by atoms with Gasteiger partial charge in [0.2, 0.25) is 5.91 Å². The van der Waals surface area contributed by atoms with E-state index >= 15 is 0 Å². The zero-order chi connectivity index (χ0) is 15.4. The van der Waals surface area contributed by atoms with Crippen LogP contribution in [0.4, 0.5) is 0 Å². The normalized spacial score (nSPS) is 14.5. The monoisotopic (exact) mass is 328 g/mol. The summed E-state index contributed by atoms with van der Waals surface area (Å²) >= 11 is 12.0. The van der Waals surface area contributed by atoms with Crippen LogP contribution in [0.3, 0.4) is 0 Å². The predicted octanol–water partition coefficient (Wildman–Crippen LogP) is 3.83. The van der Waals surface area contributed by atoms with Crippen LogP contribution in [0.5, 0.6) is 0 Å². The maximum atomic E-state index is 12.3. The molecule has 1 aliphatic rings. The summed E-state index contributed by atoms with van der Waals surface area (Å²) in [5.41, 5.74) is 1.10. The predicted molar refractivity (Wildman–Crippen MR) is 87.8 cm³/mol. The average Bonchev–Trinajstić information content (AvgIpc) is 3.28. The Kier molecular flexibility index (Phi) is 5.91. The number of likely N-dealkylation sites (N-methyl/N-ethyl adjacent to an activating group) is 1. The van der Waals surface area contributed by atoms with Gasteiger partial charge in [-0.1, -0.05) is 29.3 Å². The number of carbonyl (C=O) groups excluding carboxylic acids is 1. The molecule has 1 saturated carbocycles. The Bertz CT molecular complexity index is 499. The van der Waals surface area contributed by atoms with Gasteiger partial charge in [-0.25, -0.2) is 0 Å². The molecular weight excluding hydrogens is 307 g/mol. The van der Waals surface area contributed by atoms with Crippen LogP contribution < -0.4 is 0 Å². The van der Waals surface area contributed by atoms with Gasteiger partial charge in [-0.05, 0) is 44.4 Å². The fourth-order valence-electron chi connectivity index (χ4n) is 2.48. The van der Waals surface area contributed by atoms with Crippen molar-refractivity contribution in [3.63, 3.8) is 0 Å². The minimum atomic E-state index is 0.201. The smallest absolute Gasteiger partial charge is 0.236 e. The van der Waals surface area contributed by atoms with Crippen LogP contribution in [0.15, 0.2) is 18.2 Å². The van der Waals surface area contributed by atoms with E-state index in [1.54, 1.807) is 0 Å². The summed E-state index contributed by atoms with van der Waals surface area (Å²) in [6.45, 7) is 6.78. The van der Waals surface area contributed by atoms with Gasteiger partial charge in [0.25, 0.3) is 0 Å². The van der Waals surface area contributed by atoms with Crippen molar-refractivity contribution >= 4 is 29.1 Å². The lowest BCUT2D eigenvalue weighted by molar-refractivity contribution is -0.132. The molecule has 1 amide bonds. The minimum absolute atomic E-state index is 0.201. The topological polar surface area (TPSA) is 23.6 Å². The molecule has 1 fully saturated rings. The van der Waals surface area contributed by atoms with Gasteiger partial charge in [-0.2, -0.15) is 0 Å². The lowest BCUT2D eigenvalue weighted by atomic mass is 10.2. The summed E-state index contributed by atoms with van der Waals surface area (Å²) in [6.07, 6.45) is 2.35. The van der Waals surface area contributed by atoms with Crippen LogP contribution in [-0.4, -0.2) is 41.4 Å². The Hall–Kier alpha value is -0.770. The van der Waals surface area contributed by atoms with Gasteiger partial charge >= 0.3 is 0 Å². The summed E-state index contributed by atoms with van der Waals surface area (Å²) in [5.74, 6) is 0.201. The van der Waals surface area contributed by atoms with Crippen LogP contribution in [0.2, 0.25) is 10.0 Å². The van der Waals surface area contributed by atoms with Crippen molar-refractivity contribution in [2.45, 2.75) is 39.3 Å². The van der Waals surface area contributed by atoms with Crippen LogP contribution in [-0.2, 0) is 11.3 Å². The lowest BCUT2D eigenvalue weighted by Gasteiger charge is -2.26. The standard InChI is InChI=1S/C16H22Cl2N2O/c1-3-19(4-2)16(21)11-20(13-6-7-13)10-12-5-8-14(17)15(18)9-12/h5,8-9,13H,3-4,6-7,10-11H2,1-2H3. The number of carbonyl (C=O) groups is 1. The van der Waals surface area contributed by atoms with Gasteiger partial charge in [-0.15, -0.1) is 0 Å². The van der Waals surface area contributed by atoms with Crippen LogP contribution in [0.25, 0.3) is 0 Å². The molecule has 1 aromatic rings. The second-order valence-corrected chi connectivity index (χ2v) is 6.27. The third-order valence-corrected chi connectivity index (χ3v) is 4.63. The molecule has 0 N–H and O–H groups in total. The van der Waals surface area contributed by atoms with Gasteiger partial charge in [-0.3, -0.25) is 9.69 Å². The highest BCUT2D eigenvalue weighted by atomic mass is 35.5. The molecular formula is C16H22Cl2N2O. The maximum absolute atomic E-state index is 12.3. The third kappa shape index (κ3) is 4.60. The largest absolute Gasteiger partial charge is 0.342 e. The number of amides is 1. The van der Waals surface area contributed by atoms with Gasteiger partial charge < -0.3 is 4.90 Å². The van der Waals surface area contributed by atoms with Gasteiger partial charge in [0.1, 0.15) is 0 Å². The molecule has 0 radical (unpaired) electrons. The first-order chi connectivity index (χ1) is 10.0. The first kappa shape index (κ1) is 16.6. The van der Waals surface area contributed by atoms with E-state index in [2.05, 4.69) is 4.90 Å². The Morgan fingerprint density at radius 2 is 1.86 bits per heavy atom. The summed E-state index contributed by atoms with van der Waals surface area (Å²) in [5, 5.41) is 1.14. The molecule has 21 heavy (non-hydrogen) atoms. The number of rotatable bonds is 7. The van der Waals surface area contributed by atoms with Crippen molar-refractivity contribution in [1.29, 1.82) is 0 Å². The number of nitrogens with zero attached hydrogens (tertiary/aromatic N) is 2. The van der Waals surface area contributed by atoms with Crippen LogP contribution in [0.1, 0.15) is 32.3 Å². The molecule has 0 aliphatic heterocycles. The third-order valence-electron chi connectivity index (χ3n) is 3.89. The highest BCUT2D eigenvalue weighted by molar-refractivity contribution is 6.42. The molecule has 0 saturated heterocycles. The van der Waals surface area contributed by atoms with E-state index in [0.29, 0.717) is 22.6 Å². The molecule has 0 bridgehead atoms. The van der Waals surface area contributed by atoms with E-state index in [1.807, 2.05) is 36.9 Å². The Morgan fingerprint density at radius 1 is 1.19 bits per heavy atom.